The Balaban J connectivity index is 3.78. The Morgan fingerprint density at radius 2 is 1.92 bits per heavy atom. The van der Waals surface area contributed by atoms with E-state index >= 15 is 0 Å². The second kappa shape index (κ2) is 11.7. The van der Waals surface area contributed by atoms with Crippen LogP contribution < -0.4 is 0 Å². The second-order valence-electron chi connectivity index (χ2n) is 7.35. The highest BCUT2D eigenvalue weighted by Crippen LogP contribution is 2.26. The minimum atomic E-state index is -0.592. The first kappa shape index (κ1) is 23.2. The summed E-state index contributed by atoms with van der Waals surface area (Å²) < 4.78 is 5.12. The Morgan fingerprint density at radius 3 is 2.46 bits per heavy atom. The lowest BCUT2D eigenvalue weighted by Crippen LogP contribution is -2.29. The van der Waals surface area contributed by atoms with Crippen molar-refractivity contribution in [2.45, 2.75) is 59.5 Å². The first-order chi connectivity index (χ1) is 11.1. The van der Waals surface area contributed by atoms with Gasteiger partial charge in [-0.25, -0.2) is 0 Å². The number of aliphatic hydroxyl groups excluding tert-OH is 1. The predicted octanol–water partition coefficient (Wildman–Crippen LogP) is 2.95. The third kappa shape index (κ3) is 10.9. The molecule has 0 bridgehead atoms. The Labute approximate surface area is 151 Å². The van der Waals surface area contributed by atoms with Gasteiger partial charge in [0.1, 0.15) is 6.61 Å². The Kier molecular flexibility index (Phi) is 11.4. The molecule has 0 aromatic rings. The molecule has 0 radical (unpaired) electrons. The monoisotopic (exact) mass is 361 g/mol. The molecule has 0 aliphatic heterocycles. The number of esters is 1. The van der Waals surface area contributed by atoms with E-state index < -0.39 is 6.10 Å². The normalized spacial score (nSPS) is 14.1. The summed E-state index contributed by atoms with van der Waals surface area (Å²) >= 11 is 1.58. The van der Waals surface area contributed by atoms with Crippen molar-refractivity contribution >= 4 is 23.6 Å². The van der Waals surface area contributed by atoms with Gasteiger partial charge in [0.15, 0.2) is 0 Å². The fraction of sp³-hybridized carbons (Fsp3) is 0.889. The molecule has 0 saturated heterocycles. The van der Waals surface area contributed by atoms with E-state index in [9.17, 15) is 14.7 Å². The molecule has 0 aliphatic rings. The molecule has 0 aromatic carbocycles. The van der Waals surface area contributed by atoms with E-state index in [1.807, 2.05) is 6.92 Å². The van der Waals surface area contributed by atoms with Gasteiger partial charge in [-0.15, -0.1) is 0 Å². The zero-order chi connectivity index (χ0) is 18.8. The smallest absolute Gasteiger partial charge is 0.306 e. The van der Waals surface area contributed by atoms with Crippen molar-refractivity contribution in [2.75, 3.05) is 32.2 Å². The summed E-state index contributed by atoms with van der Waals surface area (Å²) in [6.45, 7) is 8.44. The van der Waals surface area contributed by atoms with Crippen molar-refractivity contribution in [3.05, 3.63) is 0 Å². The predicted molar refractivity (Wildman–Crippen MR) is 100 cm³/mol. The number of carbonyl (C=O) groups is 2. The summed E-state index contributed by atoms with van der Waals surface area (Å²) in [5, 5.41) is 9.89. The molecule has 24 heavy (non-hydrogen) atoms. The summed E-state index contributed by atoms with van der Waals surface area (Å²) in [5.74, 6) is 1.08. The summed E-state index contributed by atoms with van der Waals surface area (Å²) in [4.78, 5) is 24.9. The molecule has 0 fully saturated rings. The van der Waals surface area contributed by atoms with E-state index in [2.05, 4.69) is 20.8 Å². The fourth-order valence-corrected chi connectivity index (χ4v) is 2.98. The van der Waals surface area contributed by atoms with Crippen LogP contribution in [0.5, 0.6) is 0 Å². The third-order valence-corrected chi connectivity index (χ3v) is 5.46. The number of carbonyl (C=O) groups excluding carboxylic acids is 2. The molecule has 0 aliphatic carbocycles. The molecule has 0 spiro atoms. The van der Waals surface area contributed by atoms with Crippen molar-refractivity contribution in [1.29, 1.82) is 0 Å². The van der Waals surface area contributed by atoms with Gasteiger partial charge in [-0.1, -0.05) is 34.1 Å². The zero-order valence-corrected chi connectivity index (χ0v) is 16.9. The van der Waals surface area contributed by atoms with Crippen LogP contribution in [-0.4, -0.2) is 60.2 Å². The number of hydrogen-bond donors (Lipinski definition) is 1. The molecule has 1 N–H and O–H groups in total. The van der Waals surface area contributed by atoms with Gasteiger partial charge in [0.05, 0.1) is 12.5 Å². The molecule has 142 valence electrons. The van der Waals surface area contributed by atoms with Gasteiger partial charge < -0.3 is 14.7 Å². The average Bonchev–Trinajstić information content (AvgIpc) is 2.53. The van der Waals surface area contributed by atoms with Gasteiger partial charge >= 0.3 is 5.97 Å². The van der Waals surface area contributed by atoms with E-state index in [-0.39, 0.29) is 29.8 Å². The zero-order valence-electron chi connectivity index (χ0n) is 16.1. The van der Waals surface area contributed by atoms with Crippen LogP contribution in [0.25, 0.3) is 0 Å². The highest BCUT2D eigenvalue weighted by molar-refractivity contribution is 7.99. The SMILES string of the molecule is CCC(C)(C)CCC(O)COC(=O)CCSCC(C)C(=O)N(C)C. The highest BCUT2D eigenvalue weighted by Gasteiger charge is 2.18. The van der Waals surface area contributed by atoms with E-state index in [1.165, 1.54) is 0 Å². The Morgan fingerprint density at radius 1 is 1.29 bits per heavy atom. The molecule has 0 aromatic heterocycles. The largest absolute Gasteiger partial charge is 0.463 e. The fourth-order valence-electron chi connectivity index (χ4n) is 2.01. The molecule has 0 heterocycles. The minimum absolute atomic E-state index is 0.0511. The third-order valence-electron chi connectivity index (χ3n) is 4.23. The number of hydrogen-bond acceptors (Lipinski definition) is 5. The van der Waals surface area contributed by atoms with E-state index in [0.29, 0.717) is 24.3 Å². The van der Waals surface area contributed by atoms with Crippen molar-refractivity contribution in [1.82, 2.24) is 4.90 Å². The number of nitrogens with zero attached hydrogens (tertiary/aromatic N) is 1. The van der Waals surface area contributed by atoms with Gasteiger partial charge in [-0.3, -0.25) is 9.59 Å². The quantitative estimate of drug-likeness (QED) is 0.428. The van der Waals surface area contributed by atoms with Crippen LogP contribution in [0.4, 0.5) is 0 Å². The molecule has 2 atom stereocenters. The number of aliphatic hydroxyl groups is 1. The molecule has 2 unspecified atom stereocenters. The van der Waals surface area contributed by atoms with Gasteiger partial charge in [0.25, 0.3) is 0 Å². The van der Waals surface area contributed by atoms with Gasteiger partial charge in [-0.2, -0.15) is 11.8 Å². The summed E-state index contributed by atoms with van der Waals surface area (Å²) in [6, 6.07) is 0. The van der Waals surface area contributed by atoms with Crippen LogP contribution in [0.15, 0.2) is 0 Å². The summed E-state index contributed by atoms with van der Waals surface area (Å²) in [5.41, 5.74) is 0.211. The van der Waals surface area contributed by atoms with Crippen molar-refractivity contribution < 1.29 is 19.4 Å². The van der Waals surface area contributed by atoms with Crippen LogP contribution in [-0.2, 0) is 14.3 Å². The molecular weight excluding hydrogens is 326 g/mol. The lowest BCUT2D eigenvalue weighted by molar-refractivity contribution is -0.146. The molecule has 0 saturated carbocycles. The van der Waals surface area contributed by atoms with Gasteiger partial charge in [0, 0.05) is 31.5 Å². The van der Waals surface area contributed by atoms with Crippen molar-refractivity contribution in [3.63, 3.8) is 0 Å². The van der Waals surface area contributed by atoms with Crippen LogP contribution in [0.1, 0.15) is 53.4 Å². The standard InChI is InChI=1S/C18H35NO4S/c1-7-18(3,4)10-8-15(20)12-23-16(21)9-11-24-13-14(2)17(22)19(5)6/h14-15,20H,7-13H2,1-6H3. The van der Waals surface area contributed by atoms with Crippen molar-refractivity contribution in [2.24, 2.45) is 11.3 Å². The molecule has 1 amide bonds. The van der Waals surface area contributed by atoms with Gasteiger partial charge in [-0.05, 0) is 18.3 Å². The molecular formula is C18H35NO4S. The molecule has 0 rings (SSSR count). The summed E-state index contributed by atoms with van der Waals surface area (Å²) in [6.07, 6.45) is 2.33. The van der Waals surface area contributed by atoms with Gasteiger partial charge in [0.2, 0.25) is 5.91 Å². The van der Waals surface area contributed by atoms with Crippen LogP contribution >= 0.6 is 11.8 Å². The van der Waals surface area contributed by atoms with E-state index in [1.54, 1.807) is 30.8 Å². The van der Waals surface area contributed by atoms with E-state index in [4.69, 9.17) is 4.74 Å². The maximum Gasteiger partial charge on any atom is 0.306 e. The van der Waals surface area contributed by atoms with Crippen LogP contribution in [0.2, 0.25) is 0 Å². The molecule has 6 heteroatoms. The topological polar surface area (TPSA) is 66.8 Å². The maximum atomic E-state index is 11.7. The second-order valence-corrected chi connectivity index (χ2v) is 8.50. The first-order valence-corrected chi connectivity index (χ1v) is 9.87. The Bertz CT molecular complexity index is 385. The number of amides is 1. The first-order valence-electron chi connectivity index (χ1n) is 8.71. The maximum absolute atomic E-state index is 11.7. The van der Waals surface area contributed by atoms with E-state index in [0.717, 1.165) is 12.8 Å². The molecule has 5 nitrogen and oxygen atoms in total. The number of rotatable bonds is 12. The minimum Gasteiger partial charge on any atom is -0.463 e. The summed E-state index contributed by atoms with van der Waals surface area (Å²) in [7, 11) is 3.49. The lowest BCUT2D eigenvalue weighted by Gasteiger charge is -2.23. The van der Waals surface area contributed by atoms with Crippen molar-refractivity contribution in [3.8, 4) is 0 Å². The van der Waals surface area contributed by atoms with Crippen LogP contribution in [0, 0.1) is 11.3 Å². The lowest BCUT2D eigenvalue weighted by atomic mass is 9.84. The van der Waals surface area contributed by atoms with Crippen LogP contribution in [0.3, 0.4) is 0 Å². The Hall–Kier alpha value is -0.750. The highest BCUT2D eigenvalue weighted by atomic mass is 32.2. The number of thioether (sulfide) groups is 1. The average molecular weight is 362 g/mol. The number of ether oxygens (including phenoxy) is 1.